The summed E-state index contributed by atoms with van der Waals surface area (Å²) in [7, 11) is 0. The van der Waals surface area contributed by atoms with Crippen LogP contribution in [0.4, 0.5) is 5.13 Å². The lowest BCUT2D eigenvalue weighted by Crippen LogP contribution is -2.31. The first-order valence-corrected chi connectivity index (χ1v) is 8.81. The maximum Gasteiger partial charge on any atom is 0.278 e. The summed E-state index contributed by atoms with van der Waals surface area (Å²) >= 11 is 1.59. The Balaban J connectivity index is 1.72. The number of fused-ring (bicyclic) bond motifs is 3. The van der Waals surface area contributed by atoms with E-state index in [4.69, 9.17) is 9.40 Å². The van der Waals surface area contributed by atoms with E-state index in [1.54, 1.807) is 34.6 Å². The average Bonchev–Trinajstić information content (AvgIpc) is 3.18. The van der Waals surface area contributed by atoms with E-state index in [-0.39, 0.29) is 5.91 Å². The first-order chi connectivity index (χ1) is 11.7. The number of hydrogen-bond acceptors (Lipinski definition) is 5. The highest BCUT2D eigenvalue weighted by atomic mass is 32.1. The lowest BCUT2D eigenvalue weighted by atomic mass is 10.0. The number of pyridine rings is 1. The second-order valence-electron chi connectivity index (χ2n) is 5.73. The molecule has 0 radical (unpaired) electrons. The summed E-state index contributed by atoms with van der Waals surface area (Å²) in [6.45, 7) is 4.46. The van der Waals surface area contributed by atoms with Crippen molar-refractivity contribution in [2.45, 2.75) is 26.7 Å². The number of hydrogen-bond donors (Lipinski definition) is 0. The number of thiazole rings is 1. The Kier molecular flexibility index (Phi) is 3.69. The molecule has 0 aliphatic heterocycles. The van der Waals surface area contributed by atoms with Crippen LogP contribution in [0.3, 0.4) is 0 Å². The molecule has 4 rings (SSSR count). The van der Waals surface area contributed by atoms with Crippen LogP contribution in [0.1, 0.15) is 33.8 Å². The third-order valence-corrected chi connectivity index (χ3v) is 5.27. The van der Waals surface area contributed by atoms with Gasteiger partial charge in [-0.15, -0.1) is 11.3 Å². The van der Waals surface area contributed by atoms with Gasteiger partial charge in [0, 0.05) is 29.6 Å². The SMILES string of the molecule is CCN(C(=O)c1ccccn1)c1nc2c(s1)CCc1oc(C)cc1-2. The average molecular weight is 339 g/mol. The van der Waals surface area contributed by atoms with Gasteiger partial charge in [0.15, 0.2) is 5.13 Å². The van der Waals surface area contributed by atoms with E-state index >= 15 is 0 Å². The predicted molar refractivity (Wildman–Crippen MR) is 93.5 cm³/mol. The van der Waals surface area contributed by atoms with Crippen molar-refractivity contribution in [3.63, 3.8) is 0 Å². The van der Waals surface area contributed by atoms with Gasteiger partial charge >= 0.3 is 0 Å². The Bertz CT molecular complexity index is 898. The molecule has 1 amide bonds. The number of aryl methyl sites for hydroxylation is 3. The van der Waals surface area contributed by atoms with E-state index in [0.717, 1.165) is 40.8 Å². The van der Waals surface area contributed by atoms with Gasteiger partial charge in [0.25, 0.3) is 5.91 Å². The van der Waals surface area contributed by atoms with Crippen molar-refractivity contribution < 1.29 is 9.21 Å². The fourth-order valence-corrected chi connectivity index (χ4v) is 4.14. The maximum atomic E-state index is 12.8. The molecular weight excluding hydrogens is 322 g/mol. The lowest BCUT2D eigenvalue weighted by Gasteiger charge is -2.16. The molecule has 3 aromatic rings. The van der Waals surface area contributed by atoms with Gasteiger partial charge in [-0.25, -0.2) is 4.98 Å². The molecule has 0 fully saturated rings. The van der Waals surface area contributed by atoms with Crippen molar-refractivity contribution >= 4 is 22.4 Å². The van der Waals surface area contributed by atoms with Crippen LogP contribution in [0.25, 0.3) is 11.3 Å². The lowest BCUT2D eigenvalue weighted by molar-refractivity contribution is 0.0983. The normalized spacial score (nSPS) is 12.6. The number of furan rings is 1. The molecule has 0 saturated carbocycles. The summed E-state index contributed by atoms with van der Waals surface area (Å²) in [5.41, 5.74) is 2.46. The molecule has 3 heterocycles. The topological polar surface area (TPSA) is 59.2 Å². The Hall–Kier alpha value is -2.47. The molecule has 122 valence electrons. The van der Waals surface area contributed by atoms with Gasteiger partial charge in [0.1, 0.15) is 17.2 Å². The molecule has 0 spiro atoms. The van der Waals surface area contributed by atoms with Gasteiger partial charge in [-0.1, -0.05) is 6.07 Å². The molecule has 5 nitrogen and oxygen atoms in total. The van der Waals surface area contributed by atoms with E-state index in [1.807, 2.05) is 26.0 Å². The van der Waals surface area contributed by atoms with E-state index in [2.05, 4.69) is 4.98 Å². The van der Waals surface area contributed by atoms with Crippen LogP contribution in [0.5, 0.6) is 0 Å². The van der Waals surface area contributed by atoms with Crippen LogP contribution in [-0.4, -0.2) is 22.4 Å². The van der Waals surface area contributed by atoms with Gasteiger partial charge in [-0.2, -0.15) is 0 Å². The molecule has 24 heavy (non-hydrogen) atoms. The fourth-order valence-electron chi connectivity index (χ4n) is 3.00. The molecule has 1 aliphatic rings. The molecule has 0 atom stereocenters. The summed E-state index contributed by atoms with van der Waals surface area (Å²) in [6, 6.07) is 7.39. The molecule has 0 bridgehead atoms. The molecule has 0 aromatic carbocycles. The van der Waals surface area contributed by atoms with Crippen LogP contribution in [0.15, 0.2) is 34.9 Å². The van der Waals surface area contributed by atoms with E-state index in [0.29, 0.717) is 12.2 Å². The number of carbonyl (C=O) groups excluding carboxylic acids is 1. The number of anilines is 1. The van der Waals surface area contributed by atoms with E-state index < -0.39 is 0 Å². The quantitative estimate of drug-likeness (QED) is 0.727. The number of rotatable bonds is 3. The largest absolute Gasteiger partial charge is 0.466 e. The van der Waals surface area contributed by atoms with E-state index in [9.17, 15) is 4.79 Å². The number of amides is 1. The van der Waals surface area contributed by atoms with Crippen molar-refractivity contribution in [3.05, 3.63) is 52.6 Å². The maximum absolute atomic E-state index is 12.8. The van der Waals surface area contributed by atoms with Crippen molar-refractivity contribution in [3.8, 4) is 11.3 Å². The van der Waals surface area contributed by atoms with Crippen molar-refractivity contribution in [2.75, 3.05) is 11.4 Å². The minimum absolute atomic E-state index is 0.118. The number of carbonyl (C=O) groups is 1. The van der Waals surface area contributed by atoms with Crippen LogP contribution >= 0.6 is 11.3 Å². The summed E-state index contributed by atoms with van der Waals surface area (Å²) < 4.78 is 5.75. The standard InChI is InChI=1S/C18H17N3O2S/c1-3-21(17(22)13-6-4-5-9-19-13)18-20-16-12-10-11(2)23-14(12)7-8-15(16)24-18/h4-6,9-10H,3,7-8H2,1-2H3. The third-order valence-electron chi connectivity index (χ3n) is 4.13. The molecule has 1 aliphatic carbocycles. The zero-order chi connectivity index (χ0) is 16.7. The van der Waals surface area contributed by atoms with Crippen molar-refractivity contribution in [1.82, 2.24) is 9.97 Å². The minimum atomic E-state index is -0.118. The second kappa shape index (κ2) is 5.87. The monoisotopic (exact) mass is 339 g/mol. The second-order valence-corrected chi connectivity index (χ2v) is 6.79. The summed E-state index contributed by atoms with van der Waals surface area (Å²) in [5.74, 6) is 1.78. The zero-order valence-electron chi connectivity index (χ0n) is 13.6. The van der Waals surface area contributed by atoms with Crippen molar-refractivity contribution in [1.29, 1.82) is 0 Å². The highest BCUT2D eigenvalue weighted by Gasteiger charge is 2.27. The first-order valence-electron chi connectivity index (χ1n) is 7.99. The highest BCUT2D eigenvalue weighted by Crippen LogP contribution is 2.40. The fraction of sp³-hybridized carbons (Fsp3) is 0.278. The van der Waals surface area contributed by atoms with Crippen LogP contribution in [-0.2, 0) is 12.8 Å². The predicted octanol–water partition coefficient (Wildman–Crippen LogP) is 3.87. The highest BCUT2D eigenvalue weighted by molar-refractivity contribution is 7.16. The third kappa shape index (κ3) is 2.43. The molecule has 0 unspecified atom stereocenters. The zero-order valence-corrected chi connectivity index (χ0v) is 14.4. The molecule has 3 aromatic heterocycles. The first kappa shape index (κ1) is 15.1. The van der Waals surface area contributed by atoms with Gasteiger partial charge in [0.2, 0.25) is 0 Å². The summed E-state index contributed by atoms with van der Waals surface area (Å²) in [6.07, 6.45) is 3.43. The minimum Gasteiger partial charge on any atom is -0.466 e. The van der Waals surface area contributed by atoms with Crippen LogP contribution < -0.4 is 4.90 Å². The smallest absolute Gasteiger partial charge is 0.278 e. The van der Waals surface area contributed by atoms with Crippen LogP contribution in [0.2, 0.25) is 0 Å². The van der Waals surface area contributed by atoms with Gasteiger partial charge < -0.3 is 4.42 Å². The van der Waals surface area contributed by atoms with Gasteiger partial charge in [-0.3, -0.25) is 14.7 Å². The Morgan fingerprint density at radius 2 is 2.25 bits per heavy atom. The molecule has 6 heteroatoms. The van der Waals surface area contributed by atoms with Gasteiger partial charge in [0.05, 0.1) is 5.69 Å². The van der Waals surface area contributed by atoms with Crippen molar-refractivity contribution in [2.24, 2.45) is 0 Å². The molecule has 0 N–H and O–H groups in total. The Morgan fingerprint density at radius 1 is 1.38 bits per heavy atom. The Labute approximate surface area is 144 Å². The number of aromatic nitrogens is 2. The summed E-state index contributed by atoms with van der Waals surface area (Å²) in [4.78, 5) is 24.6. The summed E-state index contributed by atoms with van der Waals surface area (Å²) in [5, 5.41) is 0.727. The Morgan fingerprint density at radius 3 is 3.00 bits per heavy atom. The number of nitrogens with zero attached hydrogens (tertiary/aromatic N) is 3. The molecule has 0 saturated heterocycles. The van der Waals surface area contributed by atoms with Crippen LogP contribution in [0, 0.1) is 6.92 Å². The molecular formula is C18H17N3O2S. The van der Waals surface area contributed by atoms with E-state index in [1.165, 1.54) is 4.88 Å². The van der Waals surface area contributed by atoms with Gasteiger partial charge in [-0.05, 0) is 38.5 Å².